The third-order valence-corrected chi connectivity index (χ3v) is 5.99. The van der Waals surface area contributed by atoms with Crippen LogP contribution in [0.1, 0.15) is 110 Å². The number of nitrogens with zero attached hydrogens (tertiary/aromatic N) is 1. The van der Waals surface area contributed by atoms with Crippen LogP contribution in [0.15, 0.2) is 0 Å². The first-order chi connectivity index (χ1) is 14.2. The summed E-state index contributed by atoms with van der Waals surface area (Å²) in [5.74, 6) is 0. The van der Waals surface area contributed by atoms with Gasteiger partial charge in [-0.15, -0.1) is 0 Å². The first-order valence-corrected chi connectivity index (χ1v) is 12.5. The molecule has 29 heavy (non-hydrogen) atoms. The number of alkyl carbamates (subject to hydrolysis) is 1. The molecule has 1 saturated heterocycles. The van der Waals surface area contributed by atoms with Crippen molar-refractivity contribution in [2.45, 2.75) is 116 Å². The average Bonchev–Trinajstić information content (AvgIpc) is 2.72. The summed E-state index contributed by atoms with van der Waals surface area (Å²) < 4.78 is 5.25. The van der Waals surface area contributed by atoms with Crippen LogP contribution in [0.2, 0.25) is 0 Å². The summed E-state index contributed by atoms with van der Waals surface area (Å²) in [4.78, 5) is 14.0. The van der Waals surface area contributed by atoms with Gasteiger partial charge in [-0.1, -0.05) is 90.4 Å². The van der Waals surface area contributed by atoms with Crippen molar-refractivity contribution in [3.05, 3.63) is 0 Å². The Morgan fingerprint density at radius 2 is 1.34 bits per heavy atom. The van der Waals surface area contributed by atoms with Crippen LogP contribution in [-0.2, 0) is 4.74 Å². The van der Waals surface area contributed by atoms with E-state index in [1.807, 2.05) is 0 Å². The SMILES string of the molecule is CCCCCCCCCCCCCCCCOC(=O)NCCN1CCC(O)CC1. The summed E-state index contributed by atoms with van der Waals surface area (Å²) in [7, 11) is 0. The van der Waals surface area contributed by atoms with Crippen molar-refractivity contribution in [3.8, 4) is 0 Å². The van der Waals surface area contributed by atoms with Gasteiger partial charge < -0.3 is 20.1 Å². The highest BCUT2D eigenvalue weighted by Gasteiger charge is 2.16. The number of likely N-dealkylation sites (tertiary alicyclic amines) is 1. The van der Waals surface area contributed by atoms with Crippen LogP contribution in [0.25, 0.3) is 0 Å². The molecule has 1 heterocycles. The molecule has 0 aromatic heterocycles. The quantitative estimate of drug-likeness (QED) is 0.286. The van der Waals surface area contributed by atoms with E-state index in [0.29, 0.717) is 13.2 Å². The molecule has 1 rings (SSSR count). The molecule has 0 bridgehead atoms. The van der Waals surface area contributed by atoms with E-state index in [-0.39, 0.29) is 12.2 Å². The fourth-order valence-corrected chi connectivity index (χ4v) is 3.97. The van der Waals surface area contributed by atoms with E-state index in [2.05, 4.69) is 17.1 Å². The van der Waals surface area contributed by atoms with Crippen LogP contribution in [0.4, 0.5) is 4.79 Å². The number of ether oxygens (including phenoxy) is 1. The Morgan fingerprint density at radius 3 is 1.86 bits per heavy atom. The number of aliphatic hydroxyl groups is 1. The van der Waals surface area contributed by atoms with E-state index >= 15 is 0 Å². The smallest absolute Gasteiger partial charge is 0.407 e. The summed E-state index contributed by atoms with van der Waals surface area (Å²) >= 11 is 0. The van der Waals surface area contributed by atoms with Gasteiger partial charge in [0.25, 0.3) is 0 Å². The van der Waals surface area contributed by atoms with E-state index in [9.17, 15) is 9.90 Å². The van der Waals surface area contributed by atoms with Crippen LogP contribution in [0.5, 0.6) is 0 Å². The van der Waals surface area contributed by atoms with E-state index in [4.69, 9.17) is 4.74 Å². The van der Waals surface area contributed by atoms with Crippen molar-refractivity contribution >= 4 is 6.09 Å². The average molecular weight is 413 g/mol. The molecule has 1 aliphatic heterocycles. The molecule has 0 aromatic rings. The predicted molar refractivity (Wildman–Crippen MR) is 121 cm³/mol. The minimum atomic E-state index is -0.295. The summed E-state index contributed by atoms with van der Waals surface area (Å²) in [6.07, 6.45) is 19.9. The highest BCUT2D eigenvalue weighted by molar-refractivity contribution is 5.67. The van der Waals surface area contributed by atoms with E-state index in [1.165, 1.54) is 77.0 Å². The zero-order chi connectivity index (χ0) is 21.0. The summed E-state index contributed by atoms with van der Waals surface area (Å²) in [5, 5.41) is 12.3. The lowest BCUT2D eigenvalue weighted by Crippen LogP contribution is -2.40. The number of carbonyl (C=O) groups is 1. The number of amides is 1. The number of rotatable bonds is 18. The number of hydrogen-bond donors (Lipinski definition) is 2. The standard InChI is InChI=1S/C24H48N2O3/c1-2-3-4-5-6-7-8-9-10-11-12-13-14-15-22-29-24(28)25-18-21-26-19-16-23(27)17-20-26/h23,27H,2-22H2,1H3,(H,25,28). The summed E-state index contributed by atoms with van der Waals surface area (Å²) in [5.41, 5.74) is 0. The Balaban J connectivity index is 1.74. The zero-order valence-corrected chi connectivity index (χ0v) is 19.1. The highest BCUT2D eigenvalue weighted by Crippen LogP contribution is 2.13. The molecule has 1 aliphatic rings. The fraction of sp³-hybridized carbons (Fsp3) is 0.958. The maximum atomic E-state index is 11.7. The molecule has 0 aliphatic carbocycles. The molecular formula is C24H48N2O3. The largest absolute Gasteiger partial charge is 0.450 e. The lowest BCUT2D eigenvalue weighted by atomic mass is 10.0. The topological polar surface area (TPSA) is 61.8 Å². The first kappa shape index (κ1) is 26.2. The number of nitrogens with one attached hydrogen (secondary N) is 1. The van der Waals surface area contributed by atoms with Gasteiger partial charge in [0, 0.05) is 26.2 Å². The van der Waals surface area contributed by atoms with Crippen molar-refractivity contribution < 1.29 is 14.6 Å². The van der Waals surface area contributed by atoms with Gasteiger partial charge in [0.2, 0.25) is 0 Å². The van der Waals surface area contributed by atoms with Crippen LogP contribution >= 0.6 is 0 Å². The second-order valence-corrected chi connectivity index (χ2v) is 8.73. The van der Waals surface area contributed by atoms with Crippen molar-refractivity contribution in [2.75, 3.05) is 32.8 Å². The van der Waals surface area contributed by atoms with Crippen molar-refractivity contribution in [3.63, 3.8) is 0 Å². The lowest BCUT2D eigenvalue weighted by molar-refractivity contribution is 0.0821. The van der Waals surface area contributed by atoms with Gasteiger partial charge in [0.05, 0.1) is 12.7 Å². The molecule has 0 saturated carbocycles. The van der Waals surface area contributed by atoms with Gasteiger partial charge in [0.15, 0.2) is 0 Å². The molecule has 5 heteroatoms. The van der Waals surface area contributed by atoms with Crippen molar-refractivity contribution in [1.29, 1.82) is 0 Å². The molecule has 0 aromatic carbocycles. The fourth-order valence-electron chi connectivity index (χ4n) is 3.97. The van der Waals surface area contributed by atoms with Crippen molar-refractivity contribution in [1.82, 2.24) is 10.2 Å². The van der Waals surface area contributed by atoms with E-state index in [0.717, 1.165) is 45.3 Å². The zero-order valence-electron chi connectivity index (χ0n) is 19.1. The number of unbranched alkanes of at least 4 members (excludes halogenated alkanes) is 13. The summed E-state index contributed by atoms with van der Waals surface area (Å²) in [6.45, 7) is 6.08. The number of aliphatic hydroxyl groups excluding tert-OH is 1. The second kappa shape index (κ2) is 19.2. The molecule has 0 radical (unpaired) electrons. The Kier molecular flexibility index (Phi) is 17.3. The van der Waals surface area contributed by atoms with E-state index in [1.54, 1.807) is 0 Å². The molecule has 1 fully saturated rings. The van der Waals surface area contributed by atoms with Gasteiger partial charge >= 0.3 is 6.09 Å². The second-order valence-electron chi connectivity index (χ2n) is 8.73. The normalized spacial score (nSPS) is 15.5. The van der Waals surface area contributed by atoms with Crippen LogP contribution in [0.3, 0.4) is 0 Å². The molecule has 5 nitrogen and oxygen atoms in total. The third kappa shape index (κ3) is 16.7. The number of piperidine rings is 1. The Hall–Kier alpha value is -0.810. The van der Waals surface area contributed by atoms with Gasteiger partial charge in [-0.25, -0.2) is 4.79 Å². The minimum absolute atomic E-state index is 0.144. The van der Waals surface area contributed by atoms with Crippen molar-refractivity contribution in [2.24, 2.45) is 0 Å². The third-order valence-electron chi connectivity index (χ3n) is 5.99. The highest BCUT2D eigenvalue weighted by atomic mass is 16.5. The molecule has 172 valence electrons. The number of carbonyl (C=O) groups excluding carboxylic acids is 1. The Labute approximate surface area is 180 Å². The van der Waals surface area contributed by atoms with Gasteiger partial charge in [-0.3, -0.25) is 0 Å². The van der Waals surface area contributed by atoms with Crippen LogP contribution in [0, 0.1) is 0 Å². The molecule has 2 N–H and O–H groups in total. The summed E-state index contributed by atoms with van der Waals surface area (Å²) in [6, 6.07) is 0. The Bertz CT molecular complexity index is 371. The predicted octanol–water partition coefficient (Wildman–Crippen LogP) is 5.65. The van der Waals surface area contributed by atoms with Crippen LogP contribution in [-0.4, -0.2) is 55.0 Å². The van der Waals surface area contributed by atoms with Crippen LogP contribution < -0.4 is 5.32 Å². The van der Waals surface area contributed by atoms with Gasteiger partial charge in [-0.2, -0.15) is 0 Å². The minimum Gasteiger partial charge on any atom is -0.450 e. The number of hydrogen-bond acceptors (Lipinski definition) is 4. The molecular weight excluding hydrogens is 364 g/mol. The maximum Gasteiger partial charge on any atom is 0.407 e. The maximum absolute atomic E-state index is 11.7. The van der Waals surface area contributed by atoms with E-state index < -0.39 is 0 Å². The lowest BCUT2D eigenvalue weighted by Gasteiger charge is -2.29. The van der Waals surface area contributed by atoms with Gasteiger partial charge in [0.1, 0.15) is 0 Å². The monoisotopic (exact) mass is 412 g/mol. The Morgan fingerprint density at radius 1 is 0.862 bits per heavy atom. The molecule has 1 amide bonds. The first-order valence-electron chi connectivity index (χ1n) is 12.5. The molecule has 0 unspecified atom stereocenters. The van der Waals surface area contributed by atoms with Gasteiger partial charge in [-0.05, 0) is 19.3 Å². The molecule has 0 spiro atoms. The molecule has 0 atom stereocenters.